The normalized spacial score (nSPS) is 19.6. The Bertz CT molecular complexity index is 257. The minimum absolute atomic E-state index is 0.265. The summed E-state index contributed by atoms with van der Waals surface area (Å²) in [7, 11) is 0. The second-order valence-electron chi connectivity index (χ2n) is 5.06. The second kappa shape index (κ2) is 8.02. The van der Waals surface area contributed by atoms with Crippen LogP contribution >= 0.6 is 11.8 Å². The van der Waals surface area contributed by atoms with Crippen LogP contribution in [0.4, 0.5) is 0 Å². The van der Waals surface area contributed by atoms with Gasteiger partial charge in [-0.05, 0) is 32.9 Å². The number of nitrogens with zero attached hydrogens (tertiary/aromatic N) is 1. The number of nitrogens with one attached hydrogen (secondary N) is 1. The lowest BCUT2D eigenvalue weighted by atomic mass is 9.93. The molecule has 106 valence electrons. The van der Waals surface area contributed by atoms with E-state index < -0.39 is 5.54 Å². The van der Waals surface area contributed by atoms with Crippen LogP contribution in [0, 0.1) is 0 Å². The van der Waals surface area contributed by atoms with Crippen molar-refractivity contribution in [2.45, 2.75) is 38.6 Å². The maximum Gasteiger partial charge on any atom is 0.242 e. The summed E-state index contributed by atoms with van der Waals surface area (Å²) < 4.78 is 0. The number of hydrogen-bond acceptors (Lipinski definition) is 4. The van der Waals surface area contributed by atoms with E-state index in [4.69, 9.17) is 5.73 Å². The standard InChI is InChI=1S/C13H27N3OS/c1-3-5-13(2,15-7-4-6-14)12(17)16-8-10-18-11-9-16/h15H,3-11,14H2,1-2H3. The van der Waals surface area contributed by atoms with Gasteiger partial charge in [0.05, 0.1) is 5.54 Å². The second-order valence-corrected chi connectivity index (χ2v) is 6.28. The van der Waals surface area contributed by atoms with Crippen molar-refractivity contribution in [3.63, 3.8) is 0 Å². The summed E-state index contributed by atoms with van der Waals surface area (Å²) in [6.45, 7) is 7.44. The monoisotopic (exact) mass is 273 g/mol. The van der Waals surface area contributed by atoms with Crippen molar-refractivity contribution in [1.29, 1.82) is 0 Å². The predicted octanol–water partition coefficient (Wildman–Crippen LogP) is 1.06. The van der Waals surface area contributed by atoms with Gasteiger partial charge in [-0.1, -0.05) is 13.3 Å². The van der Waals surface area contributed by atoms with Crippen molar-refractivity contribution >= 4 is 17.7 Å². The Kier molecular flexibility index (Phi) is 7.04. The van der Waals surface area contributed by atoms with Gasteiger partial charge in [-0.3, -0.25) is 4.79 Å². The molecule has 1 rings (SSSR count). The van der Waals surface area contributed by atoms with E-state index in [9.17, 15) is 4.79 Å². The van der Waals surface area contributed by atoms with Crippen molar-refractivity contribution < 1.29 is 4.79 Å². The van der Waals surface area contributed by atoms with E-state index in [1.807, 2.05) is 23.6 Å². The first-order valence-corrected chi connectivity index (χ1v) is 8.11. The molecule has 5 heteroatoms. The zero-order chi connectivity index (χ0) is 13.4. The third-order valence-electron chi connectivity index (χ3n) is 3.42. The number of amides is 1. The molecule has 4 nitrogen and oxygen atoms in total. The molecule has 0 bridgehead atoms. The molecule has 1 saturated heterocycles. The summed E-state index contributed by atoms with van der Waals surface area (Å²) in [4.78, 5) is 14.6. The summed E-state index contributed by atoms with van der Waals surface area (Å²) in [5.41, 5.74) is 5.10. The maximum absolute atomic E-state index is 12.6. The van der Waals surface area contributed by atoms with Crippen molar-refractivity contribution in [3.8, 4) is 0 Å². The molecular weight excluding hydrogens is 246 g/mol. The third-order valence-corrected chi connectivity index (χ3v) is 4.36. The number of nitrogens with two attached hydrogens (primary N) is 1. The Labute approximate surface area is 115 Å². The Balaban J connectivity index is 2.59. The summed E-state index contributed by atoms with van der Waals surface area (Å²) in [5, 5.41) is 3.42. The van der Waals surface area contributed by atoms with Crippen molar-refractivity contribution in [2.24, 2.45) is 5.73 Å². The molecule has 18 heavy (non-hydrogen) atoms. The lowest BCUT2D eigenvalue weighted by Crippen LogP contribution is -2.57. The summed E-state index contributed by atoms with van der Waals surface area (Å²) in [6, 6.07) is 0. The Morgan fingerprint density at radius 3 is 2.67 bits per heavy atom. The quantitative estimate of drug-likeness (QED) is 0.681. The van der Waals surface area contributed by atoms with Crippen LogP contribution in [0.15, 0.2) is 0 Å². The molecule has 0 spiro atoms. The highest BCUT2D eigenvalue weighted by atomic mass is 32.2. The molecule has 1 amide bonds. The summed E-state index contributed by atoms with van der Waals surface area (Å²) in [5.74, 6) is 2.40. The largest absolute Gasteiger partial charge is 0.339 e. The van der Waals surface area contributed by atoms with E-state index in [1.165, 1.54) is 0 Å². The van der Waals surface area contributed by atoms with E-state index in [2.05, 4.69) is 12.2 Å². The number of rotatable bonds is 7. The molecule has 1 aliphatic rings. The smallest absolute Gasteiger partial charge is 0.242 e. The van der Waals surface area contributed by atoms with Gasteiger partial charge in [0.1, 0.15) is 0 Å². The van der Waals surface area contributed by atoms with Gasteiger partial charge < -0.3 is 16.0 Å². The minimum Gasteiger partial charge on any atom is -0.339 e. The van der Waals surface area contributed by atoms with E-state index in [-0.39, 0.29) is 5.91 Å². The SMILES string of the molecule is CCCC(C)(NCCCN)C(=O)N1CCSCC1. The van der Waals surface area contributed by atoms with Crippen molar-refractivity contribution in [3.05, 3.63) is 0 Å². The number of carbonyl (C=O) groups excluding carboxylic acids is 1. The topological polar surface area (TPSA) is 58.4 Å². The van der Waals surface area contributed by atoms with Crippen LogP contribution in [0.25, 0.3) is 0 Å². The van der Waals surface area contributed by atoms with E-state index in [1.54, 1.807) is 0 Å². The fourth-order valence-electron chi connectivity index (χ4n) is 2.35. The first-order valence-electron chi connectivity index (χ1n) is 6.96. The van der Waals surface area contributed by atoms with Crippen molar-refractivity contribution in [1.82, 2.24) is 10.2 Å². The van der Waals surface area contributed by atoms with E-state index in [0.29, 0.717) is 6.54 Å². The maximum atomic E-state index is 12.6. The molecule has 1 unspecified atom stereocenters. The molecule has 0 aromatic rings. The highest BCUT2D eigenvalue weighted by Crippen LogP contribution is 2.19. The van der Waals surface area contributed by atoms with Gasteiger partial charge in [-0.2, -0.15) is 11.8 Å². The first kappa shape index (κ1) is 15.8. The van der Waals surface area contributed by atoms with Crippen LogP contribution in [0.5, 0.6) is 0 Å². The zero-order valence-electron chi connectivity index (χ0n) is 11.7. The molecule has 0 radical (unpaired) electrons. The highest BCUT2D eigenvalue weighted by Gasteiger charge is 2.35. The van der Waals surface area contributed by atoms with Gasteiger partial charge in [0.15, 0.2) is 0 Å². The van der Waals surface area contributed by atoms with Crippen LogP contribution in [0.2, 0.25) is 0 Å². The lowest BCUT2D eigenvalue weighted by molar-refractivity contribution is -0.137. The van der Waals surface area contributed by atoms with E-state index >= 15 is 0 Å². The van der Waals surface area contributed by atoms with Gasteiger partial charge in [0.25, 0.3) is 0 Å². The average Bonchev–Trinajstić information content (AvgIpc) is 2.39. The number of carbonyl (C=O) groups is 1. The summed E-state index contributed by atoms with van der Waals surface area (Å²) >= 11 is 1.93. The number of thioether (sulfide) groups is 1. The van der Waals surface area contributed by atoms with Crippen LogP contribution in [0.1, 0.15) is 33.1 Å². The molecule has 3 N–H and O–H groups in total. The molecule has 0 aromatic carbocycles. The van der Waals surface area contributed by atoms with Gasteiger partial charge in [0, 0.05) is 24.6 Å². The summed E-state index contributed by atoms with van der Waals surface area (Å²) in [6.07, 6.45) is 2.82. The van der Waals surface area contributed by atoms with Crippen LogP contribution in [-0.4, -0.2) is 54.0 Å². The lowest BCUT2D eigenvalue weighted by Gasteiger charge is -2.37. The number of hydrogen-bond donors (Lipinski definition) is 2. The van der Waals surface area contributed by atoms with Gasteiger partial charge >= 0.3 is 0 Å². The molecular formula is C13H27N3OS. The molecule has 0 aromatic heterocycles. The van der Waals surface area contributed by atoms with Gasteiger partial charge in [-0.15, -0.1) is 0 Å². The van der Waals surface area contributed by atoms with Crippen LogP contribution < -0.4 is 11.1 Å². The third kappa shape index (κ3) is 4.44. The molecule has 1 heterocycles. The molecule has 1 atom stereocenters. The Morgan fingerprint density at radius 2 is 2.11 bits per heavy atom. The Hall–Kier alpha value is -0.260. The minimum atomic E-state index is -0.411. The van der Waals surface area contributed by atoms with Gasteiger partial charge in [0.2, 0.25) is 5.91 Å². The van der Waals surface area contributed by atoms with Gasteiger partial charge in [-0.25, -0.2) is 0 Å². The fourth-order valence-corrected chi connectivity index (χ4v) is 3.26. The predicted molar refractivity (Wildman–Crippen MR) is 78.9 cm³/mol. The molecule has 0 saturated carbocycles. The van der Waals surface area contributed by atoms with E-state index in [0.717, 1.165) is 50.4 Å². The first-order chi connectivity index (χ1) is 8.64. The van der Waals surface area contributed by atoms with Crippen LogP contribution in [0.3, 0.4) is 0 Å². The zero-order valence-corrected chi connectivity index (χ0v) is 12.5. The van der Waals surface area contributed by atoms with Crippen LogP contribution in [-0.2, 0) is 4.79 Å². The van der Waals surface area contributed by atoms with Crippen molar-refractivity contribution in [2.75, 3.05) is 37.7 Å². The molecule has 0 aliphatic carbocycles. The molecule has 1 aliphatic heterocycles. The Morgan fingerprint density at radius 1 is 1.44 bits per heavy atom. The molecule has 1 fully saturated rings. The average molecular weight is 273 g/mol. The highest BCUT2D eigenvalue weighted by molar-refractivity contribution is 7.99. The fraction of sp³-hybridized carbons (Fsp3) is 0.923.